The first-order chi connectivity index (χ1) is 11.2. The second-order valence-corrected chi connectivity index (χ2v) is 5.56. The van der Waals surface area contributed by atoms with Gasteiger partial charge in [-0.3, -0.25) is 0 Å². The van der Waals surface area contributed by atoms with E-state index in [4.69, 9.17) is 9.26 Å². The summed E-state index contributed by atoms with van der Waals surface area (Å²) in [5, 5.41) is 6.95. The molecule has 2 aromatic rings. The highest BCUT2D eigenvalue weighted by atomic mass is 16.5. The largest absolute Gasteiger partial charge is 0.495 e. The molecule has 1 aromatic carbocycles. The zero-order chi connectivity index (χ0) is 16.2. The number of aryl methyl sites for hydroxylation is 1. The van der Waals surface area contributed by atoms with E-state index in [1.165, 1.54) is 0 Å². The molecule has 0 radical (unpaired) electrons. The minimum Gasteiger partial charge on any atom is -0.495 e. The Hall–Kier alpha value is -2.50. The van der Waals surface area contributed by atoms with Crippen molar-refractivity contribution in [2.24, 2.45) is 0 Å². The topological polar surface area (TPSA) is 67.6 Å². The Morgan fingerprint density at radius 3 is 3.04 bits per heavy atom. The van der Waals surface area contributed by atoms with Crippen LogP contribution in [-0.2, 0) is 6.42 Å². The number of para-hydroxylation sites is 2. The van der Waals surface area contributed by atoms with Gasteiger partial charge in [-0.15, -0.1) is 0 Å². The predicted octanol–water partition coefficient (Wildman–Crippen LogP) is 3.61. The molecule has 0 bridgehead atoms. The third-order valence-corrected chi connectivity index (χ3v) is 4.13. The van der Waals surface area contributed by atoms with E-state index in [-0.39, 0.29) is 12.1 Å². The maximum absolute atomic E-state index is 12.6. The maximum atomic E-state index is 12.6. The SMILES string of the molecule is CCc1cc(C2CCCN2C(=O)Nc2ccccc2OC)on1. The molecular weight excluding hydrogens is 294 g/mol. The molecule has 2 amide bonds. The molecule has 6 nitrogen and oxygen atoms in total. The van der Waals surface area contributed by atoms with Gasteiger partial charge >= 0.3 is 6.03 Å². The van der Waals surface area contributed by atoms with Gasteiger partial charge in [0.25, 0.3) is 0 Å². The van der Waals surface area contributed by atoms with Crippen LogP contribution in [0, 0.1) is 0 Å². The summed E-state index contributed by atoms with van der Waals surface area (Å²) in [6.07, 6.45) is 2.66. The predicted molar refractivity (Wildman–Crippen MR) is 86.6 cm³/mol. The van der Waals surface area contributed by atoms with Crippen LogP contribution in [-0.4, -0.2) is 29.7 Å². The summed E-state index contributed by atoms with van der Waals surface area (Å²) >= 11 is 0. The van der Waals surface area contributed by atoms with Gasteiger partial charge in [0.2, 0.25) is 0 Å². The summed E-state index contributed by atoms with van der Waals surface area (Å²) in [6, 6.07) is 9.12. The summed E-state index contributed by atoms with van der Waals surface area (Å²) < 4.78 is 10.7. The minimum atomic E-state index is -0.147. The number of anilines is 1. The first-order valence-electron chi connectivity index (χ1n) is 7.89. The fraction of sp³-hybridized carbons (Fsp3) is 0.412. The van der Waals surface area contributed by atoms with Crippen LogP contribution < -0.4 is 10.1 Å². The Labute approximate surface area is 135 Å². The lowest BCUT2D eigenvalue weighted by Gasteiger charge is -2.23. The number of carbonyl (C=O) groups is 1. The molecule has 1 fully saturated rings. The van der Waals surface area contributed by atoms with Crippen molar-refractivity contribution in [3.05, 3.63) is 41.8 Å². The van der Waals surface area contributed by atoms with Gasteiger partial charge in [-0.2, -0.15) is 0 Å². The van der Waals surface area contributed by atoms with Crippen LogP contribution in [0.25, 0.3) is 0 Å². The van der Waals surface area contributed by atoms with Gasteiger partial charge in [-0.1, -0.05) is 24.2 Å². The van der Waals surface area contributed by atoms with E-state index < -0.39 is 0 Å². The average Bonchev–Trinajstić information content (AvgIpc) is 3.23. The smallest absolute Gasteiger partial charge is 0.322 e. The number of urea groups is 1. The zero-order valence-electron chi connectivity index (χ0n) is 13.4. The minimum absolute atomic E-state index is 0.0579. The molecule has 2 heterocycles. The van der Waals surface area contributed by atoms with Crippen molar-refractivity contribution >= 4 is 11.7 Å². The van der Waals surface area contributed by atoms with E-state index in [1.807, 2.05) is 37.3 Å². The number of amides is 2. The highest BCUT2D eigenvalue weighted by molar-refractivity contribution is 5.91. The zero-order valence-corrected chi connectivity index (χ0v) is 13.4. The molecule has 3 rings (SSSR count). The number of hydrogen-bond donors (Lipinski definition) is 1. The molecule has 1 aliphatic heterocycles. The van der Waals surface area contributed by atoms with Crippen molar-refractivity contribution in [1.82, 2.24) is 10.1 Å². The normalized spacial score (nSPS) is 17.3. The van der Waals surface area contributed by atoms with Gasteiger partial charge < -0.3 is 19.5 Å². The van der Waals surface area contributed by atoms with Crippen LogP contribution in [0.5, 0.6) is 5.75 Å². The van der Waals surface area contributed by atoms with E-state index in [0.29, 0.717) is 18.0 Å². The monoisotopic (exact) mass is 315 g/mol. The van der Waals surface area contributed by atoms with Crippen LogP contribution in [0.15, 0.2) is 34.9 Å². The standard InChI is InChI=1S/C17H21N3O3/c1-3-12-11-16(23-19-12)14-8-6-10-20(14)17(21)18-13-7-4-5-9-15(13)22-2/h4-5,7,9,11,14H,3,6,8,10H2,1-2H3,(H,18,21). The number of likely N-dealkylation sites (tertiary alicyclic amines) is 1. The number of nitrogens with zero attached hydrogens (tertiary/aromatic N) is 2. The lowest BCUT2D eigenvalue weighted by Crippen LogP contribution is -2.34. The van der Waals surface area contributed by atoms with Gasteiger partial charge in [0.1, 0.15) is 5.75 Å². The molecule has 1 saturated heterocycles. The Balaban J connectivity index is 1.75. The van der Waals surface area contributed by atoms with Gasteiger partial charge in [0.05, 0.1) is 24.5 Å². The van der Waals surface area contributed by atoms with E-state index >= 15 is 0 Å². The Kier molecular flexibility index (Phi) is 4.50. The van der Waals surface area contributed by atoms with Crippen LogP contribution in [0.3, 0.4) is 0 Å². The number of ether oxygens (including phenoxy) is 1. The summed E-state index contributed by atoms with van der Waals surface area (Å²) in [5.74, 6) is 1.40. The second-order valence-electron chi connectivity index (χ2n) is 5.56. The lowest BCUT2D eigenvalue weighted by atomic mass is 10.1. The Morgan fingerprint density at radius 1 is 1.48 bits per heavy atom. The van der Waals surface area contributed by atoms with E-state index in [1.54, 1.807) is 12.0 Å². The fourth-order valence-electron chi connectivity index (χ4n) is 2.89. The third-order valence-electron chi connectivity index (χ3n) is 4.13. The lowest BCUT2D eigenvalue weighted by molar-refractivity contribution is 0.195. The number of rotatable bonds is 4. The van der Waals surface area contributed by atoms with Crippen molar-refractivity contribution in [1.29, 1.82) is 0 Å². The van der Waals surface area contributed by atoms with E-state index in [9.17, 15) is 4.79 Å². The number of hydrogen-bond acceptors (Lipinski definition) is 4. The molecule has 0 aliphatic carbocycles. The molecular formula is C17H21N3O3. The highest BCUT2D eigenvalue weighted by Gasteiger charge is 2.33. The fourth-order valence-corrected chi connectivity index (χ4v) is 2.89. The molecule has 6 heteroatoms. The molecule has 1 unspecified atom stereocenters. The highest BCUT2D eigenvalue weighted by Crippen LogP contribution is 2.33. The van der Waals surface area contributed by atoms with Gasteiger partial charge in [0.15, 0.2) is 5.76 Å². The van der Waals surface area contributed by atoms with Crippen LogP contribution in [0.4, 0.5) is 10.5 Å². The van der Waals surface area contributed by atoms with Crippen molar-refractivity contribution in [2.45, 2.75) is 32.2 Å². The molecule has 0 saturated carbocycles. The molecule has 1 aromatic heterocycles. The molecule has 1 atom stereocenters. The first-order valence-corrected chi connectivity index (χ1v) is 7.89. The van der Waals surface area contributed by atoms with E-state index in [0.717, 1.165) is 30.7 Å². The maximum Gasteiger partial charge on any atom is 0.322 e. The number of nitrogens with one attached hydrogen (secondary N) is 1. The summed E-state index contributed by atoms with van der Waals surface area (Å²) in [7, 11) is 1.59. The second kappa shape index (κ2) is 6.73. The van der Waals surface area contributed by atoms with Crippen LogP contribution in [0.1, 0.15) is 37.3 Å². The molecule has 122 valence electrons. The molecule has 1 aliphatic rings. The van der Waals surface area contributed by atoms with Crippen molar-refractivity contribution in [2.75, 3.05) is 19.0 Å². The Morgan fingerprint density at radius 2 is 2.30 bits per heavy atom. The van der Waals surface area contributed by atoms with Gasteiger partial charge in [-0.25, -0.2) is 4.79 Å². The van der Waals surface area contributed by atoms with Crippen molar-refractivity contribution < 1.29 is 14.1 Å². The Bertz CT molecular complexity index is 683. The number of aromatic nitrogens is 1. The molecule has 23 heavy (non-hydrogen) atoms. The first kappa shape index (κ1) is 15.4. The van der Waals surface area contributed by atoms with Crippen LogP contribution >= 0.6 is 0 Å². The van der Waals surface area contributed by atoms with Crippen molar-refractivity contribution in [3.63, 3.8) is 0 Å². The number of benzene rings is 1. The van der Waals surface area contributed by atoms with Crippen molar-refractivity contribution in [3.8, 4) is 5.75 Å². The van der Waals surface area contributed by atoms with Crippen LogP contribution in [0.2, 0.25) is 0 Å². The molecule has 0 spiro atoms. The summed E-state index contributed by atoms with van der Waals surface area (Å²) in [4.78, 5) is 14.4. The van der Waals surface area contributed by atoms with E-state index in [2.05, 4.69) is 10.5 Å². The number of carbonyl (C=O) groups excluding carboxylic acids is 1. The summed E-state index contributed by atoms with van der Waals surface area (Å²) in [6.45, 7) is 2.73. The average molecular weight is 315 g/mol. The van der Waals surface area contributed by atoms with Gasteiger partial charge in [0, 0.05) is 12.6 Å². The molecule has 1 N–H and O–H groups in total. The summed E-state index contributed by atoms with van der Waals surface area (Å²) in [5.41, 5.74) is 1.58. The van der Waals surface area contributed by atoms with Gasteiger partial charge in [-0.05, 0) is 31.4 Å². The quantitative estimate of drug-likeness (QED) is 0.936. The third kappa shape index (κ3) is 3.16. The number of methoxy groups -OCH3 is 1.